The van der Waals surface area contributed by atoms with Gasteiger partial charge in [-0.25, -0.2) is 4.98 Å². The number of nitrogen functional groups attached to an aromatic ring is 1. The number of H-pyrrole nitrogens is 1. The number of nitrogens with zero attached hydrogens (tertiary/aromatic N) is 2. The molecule has 2 heterocycles. The first-order valence-electron chi connectivity index (χ1n) is 8.16. The summed E-state index contributed by atoms with van der Waals surface area (Å²) < 4.78 is 2.75. The molecule has 25 heavy (non-hydrogen) atoms. The third kappa shape index (κ3) is 2.79. The number of pyridine rings is 1. The van der Waals surface area contributed by atoms with Crippen LogP contribution in [0.15, 0.2) is 48.5 Å². The minimum absolute atomic E-state index is 0.475. The first-order chi connectivity index (χ1) is 12.2. The average Bonchev–Trinajstić information content (AvgIpc) is 2.95. The smallest absolute Gasteiger partial charge is 0.178 e. The van der Waals surface area contributed by atoms with E-state index in [1.807, 2.05) is 25.2 Å². The van der Waals surface area contributed by atoms with E-state index in [1.165, 1.54) is 11.1 Å². The van der Waals surface area contributed by atoms with Crippen molar-refractivity contribution >= 4 is 40.0 Å². The van der Waals surface area contributed by atoms with Crippen LogP contribution >= 0.6 is 12.2 Å². The van der Waals surface area contributed by atoms with E-state index in [4.69, 9.17) is 18.0 Å². The normalized spacial score (nSPS) is 11.4. The van der Waals surface area contributed by atoms with Gasteiger partial charge in [-0.1, -0.05) is 42.5 Å². The molecule has 0 unspecified atom stereocenters. The average molecular weight is 349 g/mol. The van der Waals surface area contributed by atoms with Gasteiger partial charge in [0.05, 0.1) is 17.6 Å². The number of hydrogen-bond acceptors (Lipinski definition) is 4. The molecule has 0 spiro atoms. The summed E-state index contributed by atoms with van der Waals surface area (Å²) in [6, 6.07) is 16.5. The zero-order valence-corrected chi connectivity index (χ0v) is 14.7. The van der Waals surface area contributed by atoms with Gasteiger partial charge in [0.2, 0.25) is 0 Å². The summed E-state index contributed by atoms with van der Waals surface area (Å²) in [6.07, 6.45) is 0. The van der Waals surface area contributed by atoms with Crippen LogP contribution in [0.25, 0.3) is 21.9 Å². The van der Waals surface area contributed by atoms with E-state index in [0.29, 0.717) is 17.1 Å². The maximum atomic E-state index is 6.14. The number of rotatable bonds is 4. The standard InChI is InChI=1S/C19H19N5S/c1-21-10-12-6-8-13(9-7-12)11-24-17-14-4-2-3-5-15(14)22-18(20)16(17)23-19(24)25/h2-9,21H,10-11H2,1H3,(H2,20,22)(H,23,25). The molecule has 0 amide bonds. The summed E-state index contributed by atoms with van der Waals surface area (Å²) in [4.78, 5) is 7.70. The molecule has 0 fully saturated rings. The van der Waals surface area contributed by atoms with Gasteiger partial charge in [0.15, 0.2) is 4.77 Å². The van der Waals surface area contributed by atoms with E-state index in [-0.39, 0.29) is 0 Å². The van der Waals surface area contributed by atoms with Crippen LogP contribution in [0.1, 0.15) is 11.1 Å². The van der Waals surface area contributed by atoms with E-state index in [1.54, 1.807) is 0 Å². The Morgan fingerprint density at radius 1 is 1.12 bits per heavy atom. The molecule has 2 aromatic heterocycles. The first-order valence-corrected chi connectivity index (χ1v) is 8.57. The lowest BCUT2D eigenvalue weighted by molar-refractivity contribution is 0.802. The fraction of sp³-hybridized carbons (Fsp3) is 0.158. The molecule has 0 aliphatic heterocycles. The quantitative estimate of drug-likeness (QED) is 0.492. The summed E-state index contributed by atoms with van der Waals surface area (Å²) >= 11 is 5.56. The van der Waals surface area contributed by atoms with Crippen LogP contribution in [0.2, 0.25) is 0 Å². The van der Waals surface area contributed by atoms with Gasteiger partial charge in [-0.15, -0.1) is 0 Å². The second-order valence-electron chi connectivity index (χ2n) is 6.10. The summed E-state index contributed by atoms with van der Waals surface area (Å²) in [5.74, 6) is 0.475. The Hall–Kier alpha value is -2.70. The highest BCUT2D eigenvalue weighted by Gasteiger charge is 2.13. The molecule has 0 saturated heterocycles. The predicted molar refractivity (Wildman–Crippen MR) is 105 cm³/mol. The molecule has 0 radical (unpaired) electrons. The third-order valence-electron chi connectivity index (χ3n) is 4.38. The number of para-hydroxylation sites is 1. The monoisotopic (exact) mass is 349 g/mol. The van der Waals surface area contributed by atoms with Crippen molar-refractivity contribution in [3.63, 3.8) is 0 Å². The second-order valence-corrected chi connectivity index (χ2v) is 6.49. The van der Waals surface area contributed by atoms with Gasteiger partial charge in [-0.2, -0.15) is 0 Å². The van der Waals surface area contributed by atoms with Crippen LogP contribution in [0.3, 0.4) is 0 Å². The highest BCUT2D eigenvalue weighted by Crippen LogP contribution is 2.28. The molecule has 4 aromatic rings. The van der Waals surface area contributed by atoms with Gasteiger partial charge in [0, 0.05) is 11.9 Å². The van der Waals surface area contributed by atoms with E-state index in [9.17, 15) is 0 Å². The Balaban J connectivity index is 1.86. The van der Waals surface area contributed by atoms with Crippen molar-refractivity contribution in [2.75, 3.05) is 12.8 Å². The third-order valence-corrected chi connectivity index (χ3v) is 4.71. The molecule has 126 valence electrons. The van der Waals surface area contributed by atoms with Crippen molar-refractivity contribution in [3.05, 3.63) is 64.4 Å². The molecule has 0 bridgehead atoms. The van der Waals surface area contributed by atoms with Crippen molar-refractivity contribution in [1.29, 1.82) is 0 Å². The van der Waals surface area contributed by atoms with Crippen molar-refractivity contribution in [3.8, 4) is 0 Å². The number of aromatic amines is 1. The Labute approximate surface area is 150 Å². The topological polar surface area (TPSA) is 71.7 Å². The molecule has 5 nitrogen and oxygen atoms in total. The summed E-state index contributed by atoms with van der Waals surface area (Å²) in [5, 5.41) is 4.21. The molecule has 0 aliphatic carbocycles. The maximum absolute atomic E-state index is 6.14. The number of benzene rings is 2. The minimum atomic E-state index is 0.475. The lowest BCUT2D eigenvalue weighted by atomic mass is 10.1. The van der Waals surface area contributed by atoms with Gasteiger partial charge < -0.3 is 20.6 Å². The number of hydrogen-bond donors (Lipinski definition) is 3. The molecule has 4 rings (SSSR count). The van der Waals surface area contributed by atoms with Gasteiger partial charge in [-0.05, 0) is 36.5 Å². The summed E-state index contributed by atoms with van der Waals surface area (Å²) in [7, 11) is 1.95. The van der Waals surface area contributed by atoms with E-state index >= 15 is 0 Å². The van der Waals surface area contributed by atoms with Crippen molar-refractivity contribution in [2.45, 2.75) is 13.1 Å². The van der Waals surface area contributed by atoms with Crippen molar-refractivity contribution in [1.82, 2.24) is 19.9 Å². The molecule has 4 N–H and O–H groups in total. The molecule has 0 aliphatic rings. The van der Waals surface area contributed by atoms with Crippen LogP contribution < -0.4 is 11.1 Å². The van der Waals surface area contributed by atoms with Crippen molar-refractivity contribution < 1.29 is 0 Å². The van der Waals surface area contributed by atoms with Crippen LogP contribution in [-0.2, 0) is 13.1 Å². The highest BCUT2D eigenvalue weighted by atomic mass is 32.1. The largest absolute Gasteiger partial charge is 0.382 e. The molecule has 0 saturated carbocycles. The number of anilines is 1. The van der Waals surface area contributed by atoms with Crippen molar-refractivity contribution in [2.24, 2.45) is 0 Å². The molecular weight excluding hydrogens is 330 g/mol. The Kier molecular flexibility index (Phi) is 3.99. The van der Waals surface area contributed by atoms with Crippen LogP contribution in [0.4, 0.5) is 5.82 Å². The number of nitrogens with two attached hydrogens (primary N) is 1. The Morgan fingerprint density at radius 2 is 1.84 bits per heavy atom. The lowest BCUT2D eigenvalue weighted by Crippen LogP contribution is -2.05. The van der Waals surface area contributed by atoms with Crippen LogP contribution in [-0.4, -0.2) is 21.6 Å². The number of nitrogens with one attached hydrogen (secondary N) is 2. The van der Waals surface area contributed by atoms with E-state index in [0.717, 1.165) is 28.5 Å². The van der Waals surface area contributed by atoms with E-state index < -0.39 is 0 Å². The van der Waals surface area contributed by atoms with Crippen LogP contribution in [0.5, 0.6) is 0 Å². The Bertz CT molecular complexity index is 1110. The molecule has 0 atom stereocenters. The lowest BCUT2D eigenvalue weighted by Gasteiger charge is -2.09. The van der Waals surface area contributed by atoms with Crippen LogP contribution in [0, 0.1) is 4.77 Å². The first kappa shape index (κ1) is 15.8. The van der Waals surface area contributed by atoms with Gasteiger partial charge in [0.1, 0.15) is 11.3 Å². The van der Waals surface area contributed by atoms with E-state index in [2.05, 4.69) is 50.2 Å². The Morgan fingerprint density at radius 3 is 2.60 bits per heavy atom. The second kappa shape index (κ2) is 6.31. The minimum Gasteiger partial charge on any atom is -0.382 e. The zero-order valence-electron chi connectivity index (χ0n) is 13.9. The van der Waals surface area contributed by atoms with Gasteiger partial charge >= 0.3 is 0 Å². The number of aromatic nitrogens is 3. The molecule has 6 heteroatoms. The number of imidazole rings is 1. The number of fused-ring (bicyclic) bond motifs is 3. The molecular formula is C19H19N5S. The van der Waals surface area contributed by atoms with Gasteiger partial charge in [0.25, 0.3) is 0 Å². The predicted octanol–water partition coefficient (Wildman–Crippen LogP) is 3.60. The molecule has 2 aromatic carbocycles. The van der Waals surface area contributed by atoms with Gasteiger partial charge in [-0.3, -0.25) is 0 Å². The zero-order chi connectivity index (χ0) is 17.4. The summed E-state index contributed by atoms with van der Waals surface area (Å²) in [6.45, 7) is 1.55. The maximum Gasteiger partial charge on any atom is 0.178 e. The highest BCUT2D eigenvalue weighted by molar-refractivity contribution is 7.71. The fourth-order valence-corrected chi connectivity index (χ4v) is 3.45. The fourth-order valence-electron chi connectivity index (χ4n) is 3.19. The SMILES string of the molecule is CNCc1ccc(Cn2c(=S)[nH]c3c(N)nc4ccccc4c32)cc1. The summed E-state index contributed by atoms with van der Waals surface area (Å²) in [5.41, 5.74) is 11.3.